The Morgan fingerprint density at radius 2 is 1.47 bits per heavy atom. The SMILES string of the molecule is CC(C)(C)c1ccc(-c2c[cH-]c3ccccc23)cc1.CC1=[C-]C(C)C(C)=C1C.[CH3-].[CH3-].[Si]=[Zr]. The molecular weight excluding hydrogens is 480 g/mol. The van der Waals surface area contributed by atoms with Crippen LogP contribution in [-0.4, -0.2) is 6.88 Å². The van der Waals surface area contributed by atoms with E-state index in [2.05, 4.69) is 122 Å². The third-order valence-corrected chi connectivity index (χ3v) is 5.98. The van der Waals surface area contributed by atoms with E-state index in [9.17, 15) is 0 Å². The van der Waals surface area contributed by atoms with E-state index in [4.69, 9.17) is 0 Å². The van der Waals surface area contributed by atoms with Crippen LogP contribution in [0.2, 0.25) is 0 Å². The number of rotatable bonds is 1. The summed E-state index contributed by atoms with van der Waals surface area (Å²) in [5.41, 5.74) is 8.47. The van der Waals surface area contributed by atoms with Crippen molar-refractivity contribution in [3.05, 3.63) is 104 Å². The fourth-order valence-corrected chi connectivity index (χ4v) is 3.71. The Bertz CT molecular complexity index is 1040. The van der Waals surface area contributed by atoms with Gasteiger partial charge in [0, 0.05) is 0 Å². The summed E-state index contributed by atoms with van der Waals surface area (Å²) >= 11 is 1.36. The van der Waals surface area contributed by atoms with Crippen molar-refractivity contribution in [1.82, 2.24) is 0 Å². The summed E-state index contributed by atoms with van der Waals surface area (Å²) in [7, 11) is 0. The number of benzene rings is 2. The second-order valence-electron chi connectivity index (χ2n) is 8.96. The predicted molar refractivity (Wildman–Crippen MR) is 142 cm³/mol. The summed E-state index contributed by atoms with van der Waals surface area (Å²) in [6, 6.07) is 22.0. The summed E-state index contributed by atoms with van der Waals surface area (Å²) < 4.78 is 0. The molecule has 0 heterocycles. The molecule has 0 bridgehead atoms. The average Bonchev–Trinajstić information content (AvgIpc) is 3.26. The summed E-state index contributed by atoms with van der Waals surface area (Å²) in [4.78, 5) is 0. The van der Waals surface area contributed by atoms with Crippen molar-refractivity contribution in [2.24, 2.45) is 5.92 Å². The zero-order valence-corrected chi connectivity index (χ0v) is 24.8. The Morgan fingerprint density at radius 1 is 0.906 bits per heavy atom. The van der Waals surface area contributed by atoms with Crippen LogP contribution in [0.3, 0.4) is 0 Å². The molecule has 0 saturated carbocycles. The molecule has 0 fully saturated rings. The summed E-state index contributed by atoms with van der Waals surface area (Å²) in [5, 5.41) is 2.66. The van der Waals surface area contributed by atoms with Crippen molar-refractivity contribution in [2.75, 3.05) is 0 Å². The molecule has 0 N–H and O–H groups in total. The minimum absolute atomic E-state index is 0. The van der Waals surface area contributed by atoms with Crippen molar-refractivity contribution >= 4 is 17.7 Å². The number of allylic oxidation sites excluding steroid dienone is 4. The van der Waals surface area contributed by atoms with Crippen LogP contribution in [0.4, 0.5) is 0 Å². The third-order valence-electron chi connectivity index (χ3n) is 5.98. The van der Waals surface area contributed by atoms with Gasteiger partial charge in [-0.05, 0) is 11.0 Å². The molecule has 1 aliphatic rings. The van der Waals surface area contributed by atoms with E-state index < -0.39 is 0 Å². The fourth-order valence-electron chi connectivity index (χ4n) is 3.71. The molecular formula is C30H38SiZr-4. The van der Waals surface area contributed by atoms with Gasteiger partial charge < -0.3 is 14.9 Å². The molecule has 1 unspecified atom stereocenters. The van der Waals surface area contributed by atoms with Crippen LogP contribution in [-0.2, 0) is 28.8 Å². The van der Waals surface area contributed by atoms with Crippen LogP contribution in [0.25, 0.3) is 21.9 Å². The minimum atomic E-state index is 0. The van der Waals surface area contributed by atoms with Gasteiger partial charge in [-0.1, -0.05) is 83.4 Å². The van der Waals surface area contributed by atoms with Gasteiger partial charge in [0.05, 0.1) is 0 Å². The van der Waals surface area contributed by atoms with E-state index in [-0.39, 0.29) is 20.3 Å². The third kappa shape index (κ3) is 7.32. The molecule has 1 atom stereocenters. The van der Waals surface area contributed by atoms with Crippen molar-refractivity contribution in [3.63, 3.8) is 0 Å². The van der Waals surface area contributed by atoms with Crippen molar-refractivity contribution < 1.29 is 23.3 Å². The Balaban J connectivity index is 0.000000632. The zero-order chi connectivity index (χ0) is 22.5. The van der Waals surface area contributed by atoms with Gasteiger partial charge >= 0.3 is 30.2 Å². The summed E-state index contributed by atoms with van der Waals surface area (Å²) in [6.45, 7) is 18.5. The van der Waals surface area contributed by atoms with Gasteiger partial charge in [0.25, 0.3) is 0 Å². The standard InChI is InChI=1S/C19H19.C9H13.2CH3.Si.Zr/c1-19(2,3)16-11-8-15(9-12-16)18-13-10-14-6-4-5-7-17(14)18;1-6-5-7(2)9(4)8(6)3;;;;/h4-13H,1-3H3;6H,1-4H3;2*1H3;;/q4*-1;;. The molecule has 2 radical (unpaired) electrons. The average molecular weight is 518 g/mol. The van der Waals surface area contributed by atoms with Crippen LogP contribution < -0.4 is 0 Å². The van der Waals surface area contributed by atoms with Gasteiger partial charge in [-0.25, -0.2) is 5.57 Å². The summed E-state index contributed by atoms with van der Waals surface area (Å²) in [6.07, 6.45) is 3.36. The first-order valence-corrected chi connectivity index (χ1v) is 14.7. The molecule has 3 aromatic carbocycles. The molecule has 1 aliphatic carbocycles. The molecule has 0 amide bonds. The molecule has 3 aromatic rings. The van der Waals surface area contributed by atoms with Crippen molar-refractivity contribution in [2.45, 2.75) is 53.9 Å². The Labute approximate surface area is 214 Å². The van der Waals surface area contributed by atoms with Crippen LogP contribution in [0, 0.1) is 26.8 Å². The van der Waals surface area contributed by atoms with E-state index in [1.807, 2.05) is 0 Å². The first kappa shape index (κ1) is 30.6. The zero-order valence-electron chi connectivity index (χ0n) is 21.4. The van der Waals surface area contributed by atoms with Gasteiger partial charge in [0.15, 0.2) is 0 Å². The molecule has 0 saturated heterocycles. The second-order valence-corrected chi connectivity index (χ2v) is 8.96. The molecule has 32 heavy (non-hydrogen) atoms. The maximum atomic E-state index is 3.36. The first-order valence-electron chi connectivity index (χ1n) is 10.5. The van der Waals surface area contributed by atoms with Crippen molar-refractivity contribution in [1.29, 1.82) is 0 Å². The van der Waals surface area contributed by atoms with Crippen LogP contribution in [0.1, 0.15) is 54.0 Å². The molecule has 2 heteroatoms. The molecule has 0 spiro atoms. The topological polar surface area (TPSA) is 0 Å². The first-order chi connectivity index (χ1) is 14.2. The Hall–Kier alpha value is -1.37. The van der Waals surface area contributed by atoms with E-state index in [1.54, 1.807) is 0 Å². The Morgan fingerprint density at radius 3 is 1.91 bits per heavy atom. The van der Waals surface area contributed by atoms with Gasteiger partial charge in [0.1, 0.15) is 0 Å². The Kier molecular flexibility index (Phi) is 12.8. The van der Waals surface area contributed by atoms with Gasteiger partial charge in [-0.3, -0.25) is 6.08 Å². The normalized spacial score (nSPS) is 14.8. The summed E-state index contributed by atoms with van der Waals surface area (Å²) in [5.74, 6) is 0.560. The van der Waals surface area contributed by atoms with Crippen LogP contribution in [0.5, 0.6) is 0 Å². The fraction of sp³-hybridized carbons (Fsp3) is 0.300. The number of hydrogen-bond acceptors (Lipinski definition) is 0. The van der Waals surface area contributed by atoms with Crippen molar-refractivity contribution in [3.8, 4) is 11.1 Å². The van der Waals surface area contributed by atoms with Crippen LogP contribution in [0.15, 0.2) is 77.4 Å². The number of hydrogen-bond donors (Lipinski definition) is 0. The van der Waals surface area contributed by atoms with Gasteiger partial charge in [-0.2, -0.15) is 11.1 Å². The molecule has 0 aliphatic heterocycles. The monoisotopic (exact) mass is 516 g/mol. The molecule has 0 aromatic heterocycles. The van der Waals surface area contributed by atoms with E-state index >= 15 is 0 Å². The van der Waals surface area contributed by atoms with Gasteiger partial charge in [-0.15, -0.1) is 53.6 Å². The second kappa shape index (κ2) is 13.4. The quantitative estimate of drug-likeness (QED) is 0.223. The van der Waals surface area contributed by atoms with E-state index in [0.29, 0.717) is 5.92 Å². The van der Waals surface area contributed by atoms with E-state index in [1.165, 1.54) is 67.5 Å². The maximum absolute atomic E-state index is 3.36. The van der Waals surface area contributed by atoms with Crippen LogP contribution >= 0.6 is 0 Å². The van der Waals surface area contributed by atoms with Gasteiger partial charge in [0.2, 0.25) is 0 Å². The molecule has 170 valence electrons. The van der Waals surface area contributed by atoms with E-state index in [0.717, 1.165) is 0 Å². The predicted octanol–water partition coefficient (Wildman–Crippen LogP) is 8.76. The number of fused-ring (bicyclic) bond motifs is 1. The molecule has 4 rings (SSSR count). The molecule has 0 nitrogen and oxygen atoms in total.